The number of fused-ring (bicyclic) bond motifs is 1. The van der Waals surface area contributed by atoms with Crippen molar-refractivity contribution in [1.82, 2.24) is 10.2 Å². The summed E-state index contributed by atoms with van der Waals surface area (Å²) in [5.41, 5.74) is 1.40. The van der Waals surface area contributed by atoms with Crippen LogP contribution in [-0.4, -0.2) is 55.3 Å². The number of ether oxygens (including phenoxy) is 1. The normalized spacial score (nSPS) is 18.0. The first-order valence-corrected chi connectivity index (χ1v) is 9.64. The van der Waals surface area contributed by atoms with Crippen LogP contribution >= 0.6 is 0 Å². The summed E-state index contributed by atoms with van der Waals surface area (Å²) in [5, 5.41) is 2.75. The van der Waals surface area contributed by atoms with Crippen molar-refractivity contribution in [2.45, 2.75) is 6.42 Å². The van der Waals surface area contributed by atoms with Crippen LogP contribution in [-0.2, 0) is 9.59 Å². The van der Waals surface area contributed by atoms with Crippen LogP contribution in [0.1, 0.15) is 27.1 Å². The predicted octanol–water partition coefficient (Wildman–Crippen LogP) is 1.46. The van der Waals surface area contributed by atoms with E-state index in [2.05, 4.69) is 5.32 Å². The molecule has 2 aliphatic heterocycles. The Morgan fingerprint density at radius 2 is 1.67 bits per heavy atom. The van der Waals surface area contributed by atoms with Crippen molar-refractivity contribution >= 4 is 29.3 Å². The molecule has 2 aromatic carbocycles. The lowest BCUT2D eigenvalue weighted by molar-refractivity contribution is -0.122. The van der Waals surface area contributed by atoms with Crippen LogP contribution in [0.2, 0.25) is 0 Å². The van der Waals surface area contributed by atoms with Gasteiger partial charge in [-0.25, -0.2) is 0 Å². The highest BCUT2D eigenvalue weighted by atomic mass is 16.5. The molecule has 1 saturated heterocycles. The van der Waals surface area contributed by atoms with Gasteiger partial charge in [-0.3, -0.25) is 24.1 Å². The summed E-state index contributed by atoms with van der Waals surface area (Å²) in [4.78, 5) is 52.0. The van der Waals surface area contributed by atoms with Crippen molar-refractivity contribution < 1.29 is 23.9 Å². The largest absolute Gasteiger partial charge is 0.497 e. The molecule has 2 aromatic rings. The number of amides is 4. The number of hydrogen-bond donors (Lipinski definition) is 1. The van der Waals surface area contributed by atoms with Gasteiger partial charge < -0.3 is 15.0 Å². The molecule has 0 radical (unpaired) electrons. The average molecular weight is 407 g/mol. The summed E-state index contributed by atoms with van der Waals surface area (Å²) in [7, 11) is 1.58. The van der Waals surface area contributed by atoms with Gasteiger partial charge in [-0.05, 0) is 36.4 Å². The third-order valence-corrected chi connectivity index (χ3v) is 5.36. The minimum Gasteiger partial charge on any atom is -0.497 e. The fourth-order valence-electron chi connectivity index (χ4n) is 3.77. The van der Waals surface area contributed by atoms with Crippen LogP contribution in [0, 0.1) is 5.92 Å². The predicted molar refractivity (Wildman–Crippen MR) is 108 cm³/mol. The van der Waals surface area contributed by atoms with E-state index in [-0.39, 0.29) is 18.4 Å². The second-order valence-corrected chi connectivity index (χ2v) is 7.32. The van der Waals surface area contributed by atoms with Crippen molar-refractivity contribution in [3.05, 3.63) is 59.7 Å². The number of rotatable bonds is 6. The molecule has 2 aliphatic rings. The van der Waals surface area contributed by atoms with Crippen molar-refractivity contribution in [2.24, 2.45) is 5.92 Å². The number of imide groups is 1. The Balaban J connectivity index is 1.31. The molecule has 8 nitrogen and oxygen atoms in total. The van der Waals surface area contributed by atoms with Gasteiger partial charge >= 0.3 is 0 Å². The Morgan fingerprint density at radius 3 is 2.27 bits per heavy atom. The van der Waals surface area contributed by atoms with Crippen LogP contribution < -0.4 is 15.0 Å². The van der Waals surface area contributed by atoms with Gasteiger partial charge in [0.15, 0.2) is 0 Å². The Morgan fingerprint density at radius 1 is 1.03 bits per heavy atom. The minimum atomic E-state index is -0.465. The van der Waals surface area contributed by atoms with E-state index in [0.717, 1.165) is 10.6 Å². The highest BCUT2D eigenvalue weighted by Crippen LogP contribution is 2.26. The summed E-state index contributed by atoms with van der Waals surface area (Å²) in [6, 6.07) is 13.7. The topological polar surface area (TPSA) is 96.0 Å². The van der Waals surface area contributed by atoms with E-state index in [1.54, 1.807) is 48.4 Å². The fraction of sp³-hybridized carbons (Fsp3) is 0.273. The Bertz CT molecular complexity index is 983. The quantitative estimate of drug-likeness (QED) is 0.732. The maximum Gasteiger partial charge on any atom is 0.262 e. The number of methoxy groups -OCH3 is 1. The van der Waals surface area contributed by atoms with Gasteiger partial charge in [0.2, 0.25) is 11.8 Å². The smallest absolute Gasteiger partial charge is 0.262 e. The summed E-state index contributed by atoms with van der Waals surface area (Å²) in [6.07, 6.45) is 0.319. The van der Waals surface area contributed by atoms with E-state index in [1.807, 2.05) is 12.1 Å². The molecule has 0 bridgehead atoms. The zero-order valence-electron chi connectivity index (χ0n) is 16.5. The summed E-state index contributed by atoms with van der Waals surface area (Å²) in [6.45, 7) is 0.439. The Labute approximate surface area is 173 Å². The number of carbonyl (C=O) groups is 4. The number of nitrogens with zero attached hydrogens (tertiary/aromatic N) is 2. The first kappa shape index (κ1) is 19.6. The minimum absolute atomic E-state index is 0.0141. The molecular formula is C22H21N3O5. The fourth-order valence-corrected chi connectivity index (χ4v) is 3.77. The summed E-state index contributed by atoms with van der Waals surface area (Å²) >= 11 is 0. The molecule has 0 aromatic heterocycles. The van der Waals surface area contributed by atoms with E-state index in [9.17, 15) is 19.2 Å². The van der Waals surface area contributed by atoms with Crippen molar-refractivity contribution in [1.29, 1.82) is 0 Å². The van der Waals surface area contributed by atoms with Gasteiger partial charge in [-0.1, -0.05) is 12.1 Å². The molecule has 154 valence electrons. The first-order chi connectivity index (χ1) is 14.5. The molecule has 0 spiro atoms. The number of nitrogens with one attached hydrogen (secondary N) is 1. The van der Waals surface area contributed by atoms with Crippen molar-refractivity contribution in [3.63, 3.8) is 0 Å². The van der Waals surface area contributed by atoms with Crippen LogP contribution in [0.25, 0.3) is 0 Å². The number of benzene rings is 2. The lowest BCUT2D eigenvalue weighted by Crippen LogP contribution is -2.42. The lowest BCUT2D eigenvalue weighted by atomic mass is 10.1. The molecule has 30 heavy (non-hydrogen) atoms. The maximum absolute atomic E-state index is 12.4. The number of hydrogen-bond acceptors (Lipinski definition) is 5. The number of anilines is 1. The SMILES string of the molecule is COc1ccc(N2CC(CNC(=O)CN3C(=O)c4ccccc4C3=O)CC2=O)cc1. The molecule has 8 heteroatoms. The van der Waals surface area contributed by atoms with E-state index in [1.165, 1.54) is 0 Å². The molecule has 0 saturated carbocycles. The second-order valence-electron chi connectivity index (χ2n) is 7.32. The van der Waals surface area contributed by atoms with Crippen LogP contribution in [0.3, 0.4) is 0 Å². The van der Waals surface area contributed by atoms with E-state index in [4.69, 9.17) is 4.74 Å². The van der Waals surface area contributed by atoms with Gasteiger partial charge in [-0.2, -0.15) is 0 Å². The first-order valence-electron chi connectivity index (χ1n) is 9.64. The summed E-state index contributed by atoms with van der Waals surface area (Å²) in [5.74, 6) is -0.715. The molecule has 4 amide bonds. The molecule has 1 unspecified atom stereocenters. The molecule has 0 aliphatic carbocycles. The zero-order valence-corrected chi connectivity index (χ0v) is 16.5. The van der Waals surface area contributed by atoms with E-state index < -0.39 is 17.7 Å². The van der Waals surface area contributed by atoms with Crippen molar-refractivity contribution in [3.8, 4) is 5.75 Å². The third kappa shape index (κ3) is 3.63. The van der Waals surface area contributed by atoms with E-state index >= 15 is 0 Å². The van der Waals surface area contributed by atoms with Gasteiger partial charge in [-0.15, -0.1) is 0 Å². The molecule has 4 rings (SSSR count). The Hall–Kier alpha value is -3.68. The number of carbonyl (C=O) groups excluding carboxylic acids is 4. The van der Waals surface area contributed by atoms with Gasteiger partial charge in [0.1, 0.15) is 12.3 Å². The van der Waals surface area contributed by atoms with Gasteiger partial charge in [0.25, 0.3) is 11.8 Å². The van der Waals surface area contributed by atoms with Crippen molar-refractivity contribution in [2.75, 3.05) is 31.6 Å². The molecule has 1 atom stereocenters. The zero-order chi connectivity index (χ0) is 21.3. The average Bonchev–Trinajstić information content (AvgIpc) is 3.25. The summed E-state index contributed by atoms with van der Waals surface area (Å²) < 4.78 is 5.13. The lowest BCUT2D eigenvalue weighted by Gasteiger charge is -2.18. The third-order valence-electron chi connectivity index (χ3n) is 5.36. The molecular weight excluding hydrogens is 386 g/mol. The molecule has 2 heterocycles. The van der Waals surface area contributed by atoms with E-state index in [0.29, 0.717) is 36.4 Å². The monoisotopic (exact) mass is 407 g/mol. The van der Waals surface area contributed by atoms with Gasteiger partial charge in [0.05, 0.1) is 18.2 Å². The van der Waals surface area contributed by atoms with Crippen LogP contribution in [0.5, 0.6) is 5.75 Å². The highest BCUT2D eigenvalue weighted by molar-refractivity contribution is 6.22. The second kappa shape index (κ2) is 7.98. The van der Waals surface area contributed by atoms with Crippen LogP contribution in [0.4, 0.5) is 5.69 Å². The maximum atomic E-state index is 12.4. The van der Waals surface area contributed by atoms with Gasteiger partial charge in [0, 0.05) is 31.1 Å². The Kier molecular flexibility index (Phi) is 5.22. The standard InChI is InChI=1S/C22H21N3O5/c1-30-16-8-6-15(7-9-16)24-12-14(10-20(24)27)11-23-19(26)13-25-21(28)17-4-2-3-5-18(17)22(25)29/h2-9,14H,10-13H2,1H3,(H,23,26). The highest BCUT2D eigenvalue weighted by Gasteiger charge is 2.36. The molecule has 1 N–H and O–H groups in total. The van der Waals surface area contributed by atoms with Crippen LogP contribution in [0.15, 0.2) is 48.5 Å². The molecule has 1 fully saturated rings.